The fraction of sp³-hybridized carbons (Fsp3) is 0.923. The molecule has 1 N–H and O–H groups in total. The highest BCUT2D eigenvalue weighted by Crippen LogP contribution is 2.27. The Bertz CT molecular complexity index is 251. The predicted molar refractivity (Wildman–Crippen MR) is 64.1 cm³/mol. The summed E-state index contributed by atoms with van der Waals surface area (Å²) >= 11 is 0. The second-order valence-electron chi connectivity index (χ2n) is 5.30. The summed E-state index contributed by atoms with van der Waals surface area (Å²) in [6, 6.07) is 0. The number of carbonyl (C=O) groups excluding carboxylic acids is 1. The van der Waals surface area contributed by atoms with Crippen LogP contribution in [0.25, 0.3) is 0 Å². The van der Waals surface area contributed by atoms with Gasteiger partial charge >= 0.3 is 0 Å². The van der Waals surface area contributed by atoms with Crippen LogP contribution in [0.15, 0.2) is 0 Å². The van der Waals surface area contributed by atoms with Crippen LogP contribution in [0.1, 0.15) is 51.4 Å². The number of hydrogen-bond acceptors (Lipinski definition) is 3. The fourth-order valence-corrected chi connectivity index (χ4v) is 2.79. The fourth-order valence-electron chi connectivity index (χ4n) is 2.79. The zero-order valence-electron chi connectivity index (χ0n) is 10.4. The Morgan fingerprint density at radius 1 is 1.29 bits per heavy atom. The van der Waals surface area contributed by atoms with Crippen molar-refractivity contribution in [3.8, 4) is 0 Å². The second kappa shape index (κ2) is 6.36. The standard InChI is InChI=1S/C13H23NO3/c15-12-9-14(17-10-12)13(16)8-4-7-11-5-2-1-3-6-11/h11-12,15H,1-10H2/t12-/m0/s1. The zero-order valence-corrected chi connectivity index (χ0v) is 10.4. The number of nitrogens with zero attached hydrogens (tertiary/aromatic N) is 1. The topological polar surface area (TPSA) is 49.8 Å². The van der Waals surface area contributed by atoms with Gasteiger partial charge in [0.15, 0.2) is 0 Å². The number of carbonyl (C=O) groups is 1. The molecular weight excluding hydrogens is 218 g/mol. The molecule has 0 unspecified atom stereocenters. The number of aliphatic hydroxyl groups is 1. The third-order valence-electron chi connectivity index (χ3n) is 3.81. The van der Waals surface area contributed by atoms with E-state index in [1.165, 1.54) is 43.6 Å². The second-order valence-corrected chi connectivity index (χ2v) is 5.30. The van der Waals surface area contributed by atoms with Crippen molar-refractivity contribution in [2.75, 3.05) is 13.2 Å². The highest BCUT2D eigenvalue weighted by atomic mass is 16.7. The first-order chi connectivity index (χ1) is 8.25. The van der Waals surface area contributed by atoms with Crippen molar-refractivity contribution in [3.05, 3.63) is 0 Å². The normalized spacial score (nSPS) is 26.4. The maximum absolute atomic E-state index is 11.7. The summed E-state index contributed by atoms with van der Waals surface area (Å²) in [6.07, 6.45) is 8.97. The Hall–Kier alpha value is -0.610. The van der Waals surface area contributed by atoms with E-state index in [1.807, 2.05) is 0 Å². The molecule has 4 heteroatoms. The summed E-state index contributed by atoms with van der Waals surface area (Å²) in [5, 5.41) is 10.6. The van der Waals surface area contributed by atoms with Crippen molar-refractivity contribution in [3.63, 3.8) is 0 Å². The van der Waals surface area contributed by atoms with E-state index in [-0.39, 0.29) is 12.5 Å². The Balaban J connectivity index is 1.59. The molecule has 1 aliphatic carbocycles. The molecule has 1 atom stereocenters. The largest absolute Gasteiger partial charge is 0.389 e. The molecule has 2 aliphatic rings. The van der Waals surface area contributed by atoms with E-state index in [1.54, 1.807) is 0 Å². The van der Waals surface area contributed by atoms with E-state index in [9.17, 15) is 9.90 Å². The van der Waals surface area contributed by atoms with Gasteiger partial charge in [-0.15, -0.1) is 0 Å². The third kappa shape index (κ3) is 3.96. The van der Waals surface area contributed by atoms with Crippen molar-refractivity contribution in [1.29, 1.82) is 0 Å². The summed E-state index contributed by atoms with van der Waals surface area (Å²) in [7, 11) is 0. The average molecular weight is 241 g/mol. The molecule has 1 heterocycles. The molecule has 2 rings (SSSR count). The van der Waals surface area contributed by atoms with Crippen LogP contribution in [-0.4, -0.2) is 35.3 Å². The quantitative estimate of drug-likeness (QED) is 0.817. The summed E-state index contributed by atoms with van der Waals surface area (Å²) in [6.45, 7) is 0.594. The molecule has 17 heavy (non-hydrogen) atoms. The van der Waals surface area contributed by atoms with Crippen LogP contribution < -0.4 is 0 Å². The number of aliphatic hydroxyl groups excluding tert-OH is 1. The molecule has 1 aliphatic heterocycles. The smallest absolute Gasteiger partial charge is 0.246 e. The highest BCUT2D eigenvalue weighted by Gasteiger charge is 2.25. The molecule has 1 amide bonds. The summed E-state index contributed by atoms with van der Waals surface area (Å²) < 4.78 is 0. The molecule has 1 saturated carbocycles. The Morgan fingerprint density at radius 2 is 2.06 bits per heavy atom. The van der Waals surface area contributed by atoms with E-state index in [4.69, 9.17) is 4.84 Å². The predicted octanol–water partition coefficient (Wildman–Crippen LogP) is 1.87. The van der Waals surface area contributed by atoms with Crippen LogP contribution in [0.2, 0.25) is 0 Å². The van der Waals surface area contributed by atoms with Gasteiger partial charge in [-0.1, -0.05) is 32.1 Å². The monoisotopic (exact) mass is 241 g/mol. The van der Waals surface area contributed by atoms with Crippen LogP contribution in [0.4, 0.5) is 0 Å². The highest BCUT2D eigenvalue weighted by molar-refractivity contribution is 5.75. The first kappa shape index (κ1) is 12.8. The molecule has 0 aromatic heterocycles. The molecule has 0 bridgehead atoms. The molecule has 98 valence electrons. The number of rotatable bonds is 4. The molecule has 4 nitrogen and oxygen atoms in total. The van der Waals surface area contributed by atoms with E-state index in [2.05, 4.69) is 0 Å². The minimum Gasteiger partial charge on any atom is -0.389 e. The van der Waals surface area contributed by atoms with Crippen LogP contribution in [-0.2, 0) is 9.63 Å². The van der Waals surface area contributed by atoms with Gasteiger partial charge in [0.25, 0.3) is 0 Å². The van der Waals surface area contributed by atoms with Gasteiger partial charge in [0.1, 0.15) is 6.61 Å². The van der Waals surface area contributed by atoms with Crippen molar-refractivity contribution < 1.29 is 14.7 Å². The van der Waals surface area contributed by atoms with Crippen molar-refractivity contribution >= 4 is 5.91 Å². The lowest BCUT2D eigenvalue weighted by Gasteiger charge is -2.21. The van der Waals surface area contributed by atoms with E-state index >= 15 is 0 Å². The molecule has 0 aromatic rings. The van der Waals surface area contributed by atoms with Gasteiger partial charge in [-0.05, 0) is 18.8 Å². The molecule has 0 aromatic carbocycles. The molecule has 2 fully saturated rings. The van der Waals surface area contributed by atoms with Crippen LogP contribution in [0.3, 0.4) is 0 Å². The van der Waals surface area contributed by atoms with Gasteiger partial charge in [0, 0.05) is 6.42 Å². The lowest BCUT2D eigenvalue weighted by Crippen LogP contribution is -2.28. The third-order valence-corrected chi connectivity index (χ3v) is 3.81. The number of amides is 1. The van der Waals surface area contributed by atoms with Gasteiger partial charge in [-0.25, -0.2) is 5.06 Å². The van der Waals surface area contributed by atoms with Gasteiger partial charge in [-0.2, -0.15) is 0 Å². The zero-order chi connectivity index (χ0) is 12.1. The number of hydrogen-bond donors (Lipinski definition) is 1. The van der Waals surface area contributed by atoms with Crippen LogP contribution in [0, 0.1) is 5.92 Å². The average Bonchev–Trinajstić information content (AvgIpc) is 2.77. The SMILES string of the molecule is O=C(CCCC1CCCCC1)N1C[C@H](O)CO1. The van der Waals surface area contributed by atoms with E-state index in [0.29, 0.717) is 13.0 Å². The van der Waals surface area contributed by atoms with E-state index in [0.717, 1.165) is 12.3 Å². The number of β-amino-alcohol motifs (C(OH)–C–C–N with tert-alkyl or cyclic N) is 1. The van der Waals surface area contributed by atoms with Crippen molar-refractivity contribution in [2.24, 2.45) is 5.92 Å². The molecule has 0 radical (unpaired) electrons. The summed E-state index contributed by atoms with van der Waals surface area (Å²) in [5.74, 6) is 0.860. The number of hydroxylamine groups is 2. The van der Waals surface area contributed by atoms with Gasteiger partial charge in [0.05, 0.1) is 12.6 Å². The Morgan fingerprint density at radius 3 is 2.71 bits per heavy atom. The van der Waals surface area contributed by atoms with Crippen LogP contribution in [0.5, 0.6) is 0 Å². The van der Waals surface area contributed by atoms with Crippen LogP contribution >= 0.6 is 0 Å². The maximum Gasteiger partial charge on any atom is 0.246 e. The van der Waals surface area contributed by atoms with E-state index < -0.39 is 6.10 Å². The molecule has 0 spiro atoms. The lowest BCUT2D eigenvalue weighted by molar-refractivity contribution is -0.168. The van der Waals surface area contributed by atoms with Gasteiger partial charge < -0.3 is 5.11 Å². The van der Waals surface area contributed by atoms with Gasteiger partial charge in [-0.3, -0.25) is 9.63 Å². The molecular formula is C13H23NO3. The summed E-state index contributed by atoms with van der Waals surface area (Å²) in [5.41, 5.74) is 0. The first-order valence-electron chi connectivity index (χ1n) is 6.87. The minimum atomic E-state index is -0.503. The minimum absolute atomic E-state index is 0.0253. The van der Waals surface area contributed by atoms with Crippen molar-refractivity contribution in [1.82, 2.24) is 5.06 Å². The first-order valence-corrected chi connectivity index (χ1v) is 6.87. The lowest BCUT2D eigenvalue weighted by atomic mass is 9.86. The Kier molecular flexibility index (Phi) is 4.80. The van der Waals surface area contributed by atoms with Gasteiger partial charge in [0.2, 0.25) is 5.91 Å². The molecule has 1 saturated heterocycles. The maximum atomic E-state index is 11.7. The van der Waals surface area contributed by atoms with Crippen molar-refractivity contribution in [2.45, 2.75) is 57.5 Å². The summed E-state index contributed by atoms with van der Waals surface area (Å²) in [4.78, 5) is 16.8. The Labute approximate surface area is 103 Å².